The van der Waals surface area contributed by atoms with Gasteiger partial charge < -0.3 is 15.5 Å². The first kappa shape index (κ1) is 20.0. The number of aromatic nitrogens is 2. The summed E-state index contributed by atoms with van der Waals surface area (Å²) in [5, 5.41) is 12.7. The molecule has 0 atom stereocenters. The number of benzene rings is 1. The molecule has 4 rings (SSSR count). The van der Waals surface area contributed by atoms with Crippen molar-refractivity contribution < 1.29 is 13.6 Å². The number of halogens is 3. The van der Waals surface area contributed by atoms with Crippen molar-refractivity contribution in [3.8, 4) is 0 Å². The number of rotatable bonds is 7. The van der Waals surface area contributed by atoms with Crippen LogP contribution in [0.3, 0.4) is 0 Å². The number of nitrogens with one attached hydrogen (secondary N) is 3. The molecule has 30 heavy (non-hydrogen) atoms. The van der Waals surface area contributed by atoms with E-state index >= 15 is 4.39 Å². The van der Waals surface area contributed by atoms with E-state index in [1.165, 1.54) is 6.20 Å². The van der Waals surface area contributed by atoms with Crippen LogP contribution in [0.1, 0.15) is 18.4 Å². The Balaban J connectivity index is 1.75. The van der Waals surface area contributed by atoms with Crippen LogP contribution in [0.25, 0.3) is 16.6 Å². The number of fused-ring (bicyclic) bond motifs is 1. The molecule has 0 spiro atoms. The van der Waals surface area contributed by atoms with Crippen LogP contribution in [0.2, 0.25) is 5.02 Å². The fraction of sp³-hybridized carbons (Fsp3) is 0.263. The molecule has 1 aromatic heterocycles. The molecule has 156 valence electrons. The monoisotopic (exact) mass is 433 g/mol. The van der Waals surface area contributed by atoms with E-state index in [1.807, 2.05) is 0 Å². The predicted molar refractivity (Wildman–Crippen MR) is 113 cm³/mol. The molecule has 0 bridgehead atoms. The van der Waals surface area contributed by atoms with Crippen LogP contribution in [0.4, 0.5) is 14.5 Å². The molecule has 1 amide bonds. The summed E-state index contributed by atoms with van der Waals surface area (Å²) in [6.45, 7) is 3.80. The van der Waals surface area contributed by atoms with Gasteiger partial charge in [-0.2, -0.15) is 5.10 Å². The van der Waals surface area contributed by atoms with Crippen LogP contribution in [-0.2, 0) is 4.79 Å². The summed E-state index contributed by atoms with van der Waals surface area (Å²) < 4.78 is 28.4. The van der Waals surface area contributed by atoms with Crippen molar-refractivity contribution in [3.05, 3.63) is 40.8 Å². The lowest BCUT2D eigenvalue weighted by atomic mass is 9.90. The third kappa shape index (κ3) is 3.65. The Kier molecular flexibility index (Phi) is 5.49. The lowest BCUT2D eigenvalue weighted by Gasteiger charge is -2.31. The van der Waals surface area contributed by atoms with Gasteiger partial charge in [0.2, 0.25) is 6.41 Å². The molecular formula is C19H18ClF2N7O. The highest BCUT2D eigenvalue weighted by Crippen LogP contribution is 2.41. The smallest absolute Gasteiger partial charge is 0.212 e. The summed E-state index contributed by atoms with van der Waals surface area (Å²) in [6, 6.07) is -0.161. The summed E-state index contributed by atoms with van der Waals surface area (Å²) >= 11 is 6.40. The van der Waals surface area contributed by atoms with E-state index < -0.39 is 12.0 Å². The van der Waals surface area contributed by atoms with Crippen LogP contribution >= 0.6 is 11.6 Å². The maximum atomic E-state index is 15.2. The van der Waals surface area contributed by atoms with E-state index in [2.05, 4.69) is 37.5 Å². The first-order valence-corrected chi connectivity index (χ1v) is 9.53. The number of aliphatic imine (C=N–C) groups is 2. The van der Waals surface area contributed by atoms with E-state index in [9.17, 15) is 9.18 Å². The maximum Gasteiger partial charge on any atom is 0.212 e. The zero-order valence-electron chi connectivity index (χ0n) is 15.7. The quantitative estimate of drug-likeness (QED) is 0.461. The second-order valence-corrected chi connectivity index (χ2v) is 7.28. The van der Waals surface area contributed by atoms with Gasteiger partial charge in [-0.05, 0) is 19.6 Å². The molecule has 1 aliphatic heterocycles. The Morgan fingerprint density at radius 2 is 2.27 bits per heavy atom. The fourth-order valence-electron chi connectivity index (χ4n) is 3.41. The zero-order chi connectivity index (χ0) is 21.3. The van der Waals surface area contributed by atoms with E-state index in [0.717, 1.165) is 0 Å². The van der Waals surface area contributed by atoms with E-state index in [1.54, 1.807) is 23.5 Å². The average Bonchev–Trinajstić information content (AvgIpc) is 3.19. The number of carbonyl (C=O) groups is 1. The molecule has 0 unspecified atom stereocenters. The minimum absolute atomic E-state index is 0.121. The summed E-state index contributed by atoms with van der Waals surface area (Å²) in [7, 11) is 0. The largest absolute Gasteiger partial charge is 0.378 e. The Labute approximate surface area is 175 Å². The standard InChI is InChI=1S/C19H18ClF2N7O/c1-23-14(25-9-30)8-29-3-2-24-13(7-29)15-12-6-26-28-18(12)19(17(22)16(15)20)27-11-4-10(21)5-11/h2,6-11,27H,1,3-5H2,(H,25,30)(H,26,28)/b14-8+. The van der Waals surface area contributed by atoms with Crippen molar-refractivity contribution >= 4 is 53.2 Å². The van der Waals surface area contributed by atoms with Gasteiger partial charge in [-0.25, -0.2) is 13.8 Å². The highest BCUT2D eigenvalue weighted by atomic mass is 35.5. The van der Waals surface area contributed by atoms with Gasteiger partial charge in [-0.3, -0.25) is 14.9 Å². The first-order chi connectivity index (χ1) is 14.5. The number of anilines is 1. The van der Waals surface area contributed by atoms with Crippen molar-refractivity contribution in [2.24, 2.45) is 9.98 Å². The second kappa shape index (κ2) is 8.23. The zero-order valence-corrected chi connectivity index (χ0v) is 16.5. The van der Waals surface area contributed by atoms with Crippen LogP contribution in [0.15, 0.2) is 34.4 Å². The number of alkyl halides is 1. The Morgan fingerprint density at radius 1 is 1.47 bits per heavy atom. The van der Waals surface area contributed by atoms with E-state index in [0.29, 0.717) is 48.0 Å². The fourth-order valence-corrected chi connectivity index (χ4v) is 3.70. The number of carbonyl (C=O) groups excluding carboxylic acids is 1. The van der Waals surface area contributed by atoms with Gasteiger partial charge in [-0.15, -0.1) is 0 Å². The normalized spacial score (nSPS) is 21.2. The summed E-state index contributed by atoms with van der Waals surface area (Å²) in [5.41, 5.74) is 1.36. The Hall–Kier alpha value is -3.27. The number of aromatic amines is 1. The molecule has 1 aliphatic carbocycles. The van der Waals surface area contributed by atoms with Crippen molar-refractivity contribution in [1.82, 2.24) is 20.4 Å². The molecule has 8 nitrogen and oxygen atoms in total. The van der Waals surface area contributed by atoms with Gasteiger partial charge >= 0.3 is 0 Å². The van der Waals surface area contributed by atoms with Crippen LogP contribution in [-0.4, -0.2) is 53.2 Å². The topological polar surface area (TPSA) is 97.8 Å². The van der Waals surface area contributed by atoms with Crippen LogP contribution in [0.5, 0.6) is 0 Å². The van der Waals surface area contributed by atoms with Crippen molar-refractivity contribution in [1.29, 1.82) is 0 Å². The first-order valence-electron chi connectivity index (χ1n) is 9.15. The molecule has 2 aromatic rings. The Bertz CT molecular complexity index is 1090. The summed E-state index contributed by atoms with van der Waals surface area (Å²) in [6.07, 6.45) is 6.62. The van der Waals surface area contributed by atoms with Gasteiger partial charge in [0.15, 0.2) is 5.82 Å². The molecular weight excluding hydrogens is 416 g/mol. The Morgan fingerprint density at radius 3 is 2.97 bits per heavy atom. The molecule has 2 heterocycles. The number of hydrogen-bond acceptors (Lipinski definition) is 6. The molecule has 1 aromatic carbocycles. The molecule has 1 saturated carbocycles. The third-order valence-electron chi connectivity index (χ3n) is 4.95. The minimum Gasteiger partial charge on any atom is -0.378 e. The van der Waals surface area contributed by atoms with E-state index in [-0.39, 0.29) is 22.6 Å². The molecule has 0 radical (unpaired) electrons. The van der Waals surface area contributed by atoms with Crippen LogP contribution < -0.4 is 10.6 Å². The molecule has 0 saturated heterocycles. The molecule has 2 aliphatic rings. The summed E-state index contributed by atoms with van der Waals surface area (Å²) in [4.78, 5) is 20.4. The van der Waals surface area contributed by atoms with Gasteiger partial charge in [0, 0.05) is 35.6 Å². The van der Waals surface area contributed by atoms with Crippen LogP contribution in [0, 0.1) is 5.82 Å². The molecule has 3 N–H and O–H groups in total. The lowest BCUT2D eigenvalue weighted by molar-refractivity contribution is -0.108. The van der Waals surface area contributed by atoms with Gasteiger partial charge in [0.1, 0.15) is 12.0 Å². The van der Waals surface area contributed by atoms with Crippen molar-refractivity contribution in [2.45, 2.75) is 25.1 Å². The van der Waals surface area contributed by atoms with Gasteiger partial charge in [-0.1, -0.05) is 11.6 Å². The van der Waals surface area contributed by atoms with Crippen molar-refractivity contribution in [2.75, 3.05) is 11.9 Å². The lowest BCUT2D eigenvalue weighted by Crippen LogP contribution is -2.37. The number of nitrogens with zero attached hydrogens (tertiary/aromatic N) is 4. The van der Waals surface area contributed by atoms with Crippen molar-refractivity contribution in [3.63, 3.8) is 0 Å². The predicted octanol–water partition coefficient (Wildman–Crippen LogP) is 3.20. The summed E-state index contributed by atoms with van der Waals surface area (Å²) in [5.74, 6) is -0.418. The second-order valence-electron chi connectivity index (χ2n) is 6.90. The third-order valence-corrected chi connectivity index (χ3v) is 5.31. The molecule has 11 heteroatoms. The highest BCUT2D eigenvalue weighted by Gasteiger charge is 2.31. The van der Waals surface area contributed by atoms with Gasteiger partial charge in [0.25, 0.3) is 0 Å². The minimum atomic E-state index is -0.873. The van der Waals surface area contributed by atoms with E-state index in [4.69, 9.17) is 11.6 Å². The SMILES string of the molecule is C=N/C(=C\N1C=C(c2c(Cl)c(F)c(NC3CC(F)C3)c3[nH]ncc23)N=CC1)NC=O. The maximum absolute atomic E-state index is 15.2. The highest BCUT2D eigenvalue weighted by molar-refractivity contribution is 6.34. The van der Waals surface area contributed by atoms with Gasteiger partial charge in [0.05, 0.1) is 34.7 Å². The number of hydrogen-bond donors (Lipinski definition) is 3. The number of amides is 1. The molecule has 1 fully saturated rings. The number of H-pyrrole nitrogens is 1. The average molecular weight is 434 g/mol.